The van der Waals surface area contributed by atoms with Gasteiger partial charge in [-0.15, -0.1) is 0 Å². The summed E-state index contributed by atoms with van der Waals surface area (Å²) in [6, 6.07) is 2.10. The Morgan fingerprint density at radius 3 is 3.18 bits per heavy atom. The van der Waals surface area contributed by atoms with Crippen LogP contribution in [0.2, 0.25) is 5.02 Å². The number of hydrogen-bond acceptors (Lipinski definition) is 3. The van der Waals surface area contributed by atoms with Crippen molar-refractivity contribution in [1.29, 1.82) is 0 Å². The lowest BCUT2D eigenvalue weighted by molar-refractivity contribution is 0.0920. The lowest BCUT2D eigenvalue weighted by Gasteiger charge is -2.30. The topological polar surface area (TPSA) is 54.0 Å². The standard InChI is InChI=1S/C12H16ClN3O/c1-8-11(3-2-5-15-8)16-12(17)9-4-6-14-7-10(9)13/h4,6-8,11,15H,2-3,5H2,1H3,(H,16,17). The predicted octanol–water partition coefficient (Wildman–Crippen LogP) is 1.61. The molecule has 1 amide bonds. The number of piperidine rings is 1. The second-order valence-electron chi connectivity index (χ2n) is 4.32. The second kappa shape index (κ2) is 5.47. The third-order valence-corrected chi connectivity index (χ3v) is 3.40. The molecule has 5 heteroatoms. The number of carbonyl (C=O) groups is 1. The van der Waals surface area contributed by atoms with Gasteiger partial charge in [-0.25, -0.2) is 0 Å². The Kier molecular flexibility index (Phi) is 3.97. The van der Waals surface area contributed by atoms with Gasteiger partial charge >= 0.3 is 0 Å². The molecular formula is C12H16ClN3O. The minimum absolute atomic E-state index is 0.127. The zero-order chi connectivity index (χ0) is 12.3. The zero-order valence-corrected chi connectivity index (χ0v) is 10.5. The predicted molar refractivity (Wildman–Crippen MR) is 67.2 cm³/mol. The third-order valence-electron chi connectivity index (χ3n) is 3.10. The van der Waals surface area contributed by atoms with E-state index in [0.717, 1.165) is 19.4 Å². The molecule has 1 aromatic rings. The molecule has 2 heterocycles. The Bertz CT molecular complexity index is 410. The van der Waals surface area contributed by atoms with Crippen LogP contribution in [-0.4, -0.2) is 29.5 Å². The molecule has 0 saturated carbocycles. The van der Waals surface area contributed by atoms with Crippen LogP contribution in [0.1, 0.15) is 30.1 Å². The van der Waals surface area contributed by atoms with Crippen molar-refractivity contribution in [2.45, 2.75) is 31.8 Å². The average molecular weight is 254 g/mol. The van der Waals surface area contributed by atoms with Gasteiger partial charge in [-0.05, 0) is 32.4 Å². The summed E-state index contributed by atoms with van der Waals surface area (Å²) in [5.74, 6) is -0.127. The van der Waals surface area contributed by atoms with E-state index < -0.39 is 0 Å². The van der Waals surface area contributed by atoms with Gasteiger partial charge < -0.3 is 10.6 Å². The molecule has 92 valence electrons. The number of nitrogens with zero attached hydrogens (tertiary/aromatic N) is 1. The van der Waals surface area contributed by atoms with Crippen LogP contribution in [0.5, 0.6) is 0 Å². The van der Waals surface area contributed by atoms with Gasteiger partial charge in [0.2, 0.25) is 0 Å². The van der Waals surface area contributed by atoms with Crippen LogP contribution in [0.4, 0.5) is 0 Å². The quantitative estimate of drug-likeness (QED) is 0.842. The summed E-state index contributed by atoms with van der Waals surface area (Å²) in [5.41, 5.74) is 0.486. The maximum Gasteiger partial charge on any atom is 0.253 e. The van der Waals surface area contributed by atoms with Gasteiger partial charge in [0.05, 0.1) is 10.6 Å². The number of aromatic nitrogens is 1. The maximum atomic E-state index is 12.0. The van der Waals surface area contributed by atoms with E-state index in [1.54, 1.807) is 12.3 Å². The highest BCUT2D eigenvalue weighted by Crippen LogP contribution is 2.15. The van der Waals surface area contributed by atoms with Gasteiger partial charge in [-0.2, -0.15) is 0 Å². The SMILES string of the molecule is CC1NCCCC1NC(=O)c1ccncc1Cl. The summed E-state index contributed by atoms with van der Waals surface area (Å²) in [6.45, 7) is 3.10. The fourth-order valence-corrected chi connectivity index (χ4v) is 2.25. The van der Waals surface area contributed by atoms with Gasteiger partial charge in [0, 0.05) is 24.5 Å². The molecule has 1 aliphatic rings. The van der Waals surface area contributed by atoms with Crippen molar-refractivity contribution < 1.29 is 4.79 Å². The summed E-state index contributed by atoms with van der Waals surface area (Å²) in [4.78, 5) is 15.9. The fourth-order valence-electron chi connectivity index (χ4n) is 2.05. The minimum atomic E-state index is -0.127. The van der Waals surface area contributed by atoms with E-state index in [1.807, 2.05) is 0 Å². The number of halogens is 1. The first-order chi connectivity index (χ1) is 8.18. The number of pyridine rings is 1. The van der Waals surface area contributed by atoms with Crippen LogP contribution in [0, 0.1) is 0 Å². The Morgan fingerprint density at radius 1 is 1.65 bits per heavy atom. The van der Waals surface area contributed by atoms with Gasteiger partial charge in [-0.3, -0.25) is 9.78 Å². The molecule has 1 fully saturated rings. The van der Waals surface area contributed by atoms with Gasteiger partial charge in [-0.1, -0.05) is 11.6 Å². The van der Waals surface area contributed by atoms with E-state index in [9.17, 15) is 4.79 Å². The molecule has 2 N–H and O–H groups in total. The molecule has 0 spiro atoms. The van der Waals surface area contributed by atoms with Crippen molar-refractivity contribution in [3.8, 4) is 0 Å². The number of amides is 1. The third kappa shape index (κ3) is 2.96. The van der Waals surface area contributed by atoms with E-state index in [-0.39, 0.29) is 11.9 Å². The van der Waals surface area contributed by atoms with Crippen molar-refractivity contribution in [2.75, 3.05) is 6.54 Å². The summed E-state index contributed by atoms with van der Waals surface area (Å²) < 4.78 is 0. The normalized spacial score (nSPS) is 24.4. The van der Waals surface area contributed by atoms with Crippen molar-refractivity contribution in [2.24, 2.45) is 0 Å². The molecule has 1 aliphatic heterocycles. The average Bonchev–Trinajstić information content (AvgIpc) is 2.32. The monoisotopic (exact) mass is 253 g/mol. The highest BCUT2D eigenvalue weighted by molar-refractivity contribution is 6.33. The zero-order valence-electron chi connectivity index (χ0n) is 9.74. The van der Waals surface area contributed by atoms with Gasteiger partial charge in [0.15, 0.2) is 0 Å². The molecule has 17 heavy (non-hydrogen) atoms. The molecule has 0 aliphatic carbocycles. The van der Waals surface area contributed by atoms with Crippen molar-refractivity contribution in [3.63, 3.8) is 0 Å². The van der Waals surface area contributed by atoms with E-state index in [1.165, 1.54) is 6.20 Å². The highest BCUT2D eigenvalue weighted by Gasteiger charge is 2.23. The maximum absolute atomic E-state index is 12.0. The lowest BCUT2D eigenvalue weighted by Crippen LogP contribution is -2.51. The van der Waals surface area contributed by atoms with Crippen LogP contribution >= 0.6 is 11.6 Å². The molecule has 0 bridgehead atoms. The molecule has 0 radical (unpaired) electrons. The van der Waals surface area contributed by atoms with E-state index in [2.05, 4.69) is 22.5 Å². The number of hydrogen-bond donors (Lipinski definition) is 2. The molecule has 2 rings (SSSR count). The Morgan fingerprint density at radius 2 is 2.47 bits per heavy atom. The van der Waals surface area contributed by atoms with Crippen LogP contribution < -0.4 is 10.6 Å². The molecule has 1 aromatic heterocycles. The largest absolute Gasteiger partial charge is 0.348 e. The van der Waals surface area contributed by atoms with Crippen molar-refractivity contribution >= 4 is 17.5 Å². The summed E-state index contributed by atoms with van der Waals surface area (Å²) in [6.07, 6.45) is 5.14. The van der Waals surface area contributed by atoms with Crippen LogP contribution in [-0.2, 0) is 0 Å². The van der Waals surface area contributed by atoms with Crippen molar-refractivity contribution in [1.82, 2.24) is 15.6 Å². The number of rotatable bonds is 2. The Balaban J connectivity index is 2.04. The summed E-state index contributed by atoms with van der Waals surface area (Å²) >= 11 is 5.93. The smallest absolute Gasteiger partial charge is 0.253 e. The molecule has 4 nitrogen and oxygen atoms in total. The van der Waals surface area contributed by atoms with Crippen molar-refractivity contribution in [3.05, 3.63) is 29.0 Å². The lowest BCUT2D eigenvalue weighted by atomic mass is 9.99. The van der Waals surface area contributed by atoms with Gasteiger partial charge in [0.25, 0.3) is 5.91 Å². The van der Waals surface area contributed by atoms with E-state index >= 15 is 0 Å². The van der Waals surface area contributed by atoms with E-state index in [0.29, 0.717) is 16.6 Å². The van der Waals surface area contributed by atoms with Crippen LogP contribution in [0.3, 0.4) is 0 Å². The Labute approximate surface area is 106 Å². The minimum Gasteiger partial charge on any atom is -0.348 e. The van der Waals surface area contributed by atoms with E-state index in [4.69, 9.17) is 11.6 Å². The highest BCUT2D eigenvalue weighted by atomic mass is 35.5. The molecule has 2 atom stereocenters. The molecule has 1 saturated heterocycles. The fraction of sp³-hybridized carbons (Fsp3) is 0.500. The van der Waals surface area contributed by atoms with Gasteiger partial charge in [0.1, 0.15) is 0 Å². The molecule has 0 aromatic carbocycles. The summed E-state index contributed by atoms with van der Waals surface area (Å²) in [5, 5.41) is 6.75. The first-order valence-corrected chi connectivity index (χ1v) is 6.20. The number of nitrogens with one attached hydrogen (secondary N) is 2. The first kappa shape index (κ1) is 12.3. The number of carbonyl (C=O) groups excluding carboxylic acids is 1. The summed E-state index contributed by atoms with van der Waals surface area (Å²) in [7, 11) is 0. The second-order valence-corrected chi connectivity index (χ2v) is 4.73. The first-order valence-electron chi connectivity index (χ1n) is 5.82. The molecular weight excluding hydrogens is 238 g/mol. The van der Waals surface area contributed by atoms with Crippen LogP contribution in [0.25, 0.3) is 0 Å². The van der Waals surface area contributed by atoms with Crippen LogP contribution in [0.15, 0.2) is 18.5 Å². The molecule has 2 unspecified atom stereocenters. The Hall–Kier alpha value is -1.13.